The molecule has 0 amide bonds. The molecule has 5 heteroatoms. The molecule has 2 aromatic carbocycles. The van der Waals surface area contributed by atoms with Gasteiger partial charge in [-0.05, 0) is 45.2 Å². The molecule has 29 heavy (non-hydrogen) atoms. The third-order valence-corrected chi connectivity index (χ3v) is 7.44. The molecule has 1 aliphatic rings. The zero-order chi connectivity index (χ0) is 21.8. The van der Waals surface area contributed by atoms with Gasteiger partial charge in [-0.25, -0.2) is 8.42 Å². The van der Waals surface area contributed by atoms with E-state index in [0.717, 1.165) is 11.1 Å². The van der Waals surface area contributed by atoms with Crippen molar-refractivity contribution in [1.29, 1.82) is 0 Å². The summed E-state index contributed by atoms with van der Waals surface area (Å²) in [6, 6.07) is 11.1. The van der Waals surface area contributed by atoms with Gasteiger partial charge in [0.2, 0.25) is 9.84 Å². The maximum absolute atomic E-state index is 13.4. The number of sulfone groups is 1. The van der Waals surface area contributed by atoms with Gasteiger partial charge in [-0.2, -0.15) is 0 Å². The summed E-state index contributed by atoms with van der Waals surface area (Å²) in [5, 5.41) is 0. The fourth-order valence-corrected chi connectivity index (χ4v) is 5.48. The highest BCUT2D eigenvalue weighted by atomic mass is 32.2. The molecule has 0 unspecified atom stereocenters. The van der Waals surface area contributed by atoms with E-state index in [0.29, 0.717) is 20.9 Å². The molecule has 0 N–H and O–H groups in total. The number of hydrogen-bond acceptors (Lipinski definition) is 4. The van der Waals surface area contributed by atoms with Crippen LogP contribution in [0.2, 0.25) is 0 Å². The standard InChI is InChI=1S/C24H30O4S/c1-15(25)28-14-20-18-12-16(23(2,3)4)8-10-21(18)29(26,27)22-11-9-17(13-19(20)22)24(5,6)7/h8-13,20H,14H2,1-7H3. The van der Waals surface area contributed by atoms with Crippen molar-refractivity contribution in [3.8, 4) is 0 Å². The first-order valence-electron chi connectivity index (χ1n) is 9.90. The monoisotopic (exact) mass is 414 g/mol. The predicted octanol–water partition coefficient (Wildman–Crippen LogP) is 5.12. The van der Waals surface area contributed by atoms with Crippen LogP contribution in [-0.4, -0.2) is 21.0 Å². The fraction of sp³-hybridized carbons (Fsp3) is 0.458. The highest BCUT2D eigenvalue weighted by molar-refractivity contribution is 7.91. The van der Waals surface area contributed by atoms with Crippen molar-refractivity contribution >= 4 is 15.8 Å². The van der Waals surface area contributed by atoms with E-state index >= 15 is 0 Å². The smallest absolute Gasteiger partial charge is 0.302 e. The molecule has 0 aromatic heterocycles. The highest BCUT2D eigenvalue weighted by Gasteiger charge is 2.37. The first kappa shape index (κ1) is 21.6. The maximum Gasteiger partial charge on any atom is 0.302 e. The summed E-state index contributed by atoms with van der Waals surface area (Å²) in [7, 11) is -3.64. The van der Waals surface area contributed by atoms with Gasteiger partial charge in [-0.15, -0.1) is 0 Å². The molecule has 1 aliphatic heterocycles. The second kappa shape index (κ2) is 6.98. The van der Waals surface area contributed by atoms with E-state index in [4.69, 9.17) is 4.74 Å². The fourth-order valence-electron chi connectivity index (χ4n) is 3.73. The Morgan fingerprint density at radius 3 is 1.62 bits per heavy atom. The van der Waals surface area contributed by atoms with Gasteiger partial charge in [0.1, 0.15) is 6.61 Å². The zero-order valence-corrected chi connectivity index (χ0v) is 19.1. The summed E-state index contributed by atoms with van der Waals surface area (Å²) in [5.41, 5.74) is 3.26. The van der Waals surface area contributed by atoms with E-state index in [2.05, 4.69) is 41.5 Å². The zero-order valence-electron chi connectivity index (χ0n) is 18.3. The van der Waals surface area contributed by atoms with Gasteiger partial charge in [0.15, 0.2) is 0 Å². The van der Waals surface area contributed by atoms with Crippen LogP contribution in [0.15, 0.2) is 46.2 Å². The number of benzene rings is 2. The second-order valence-corrected chi connectivity index (χ2v) is 11.8. The number of esters is 1. The minimum atomic E-state index is -3.64. The molecule has 4 nitrogen and oxygen atoms in total. The second-order valence-electron chi connectivity index (χ2n) is 9.86. The van der Waals surface area contributed by atoms with Gasteiger partial charge < -0.3 is 4.74 Å². The van der Waals surface area contributed by atoms with Crippen molar-refractivity contribution in [3.63, 3.8) is 0 Å². The number of carbonyl (C=O) groups is 1. The molecule has 0 aliphatic carbocycles. The summed E-state index contributed by atoms with van der Waals surface area (Å²) in [6.07, 6.45) is 0. The molecule has 0 saturated heterocycles. The van der Waals surface area contributed by atoms with Crippen molar-refractivity contribution in [2.24, 2.45) is 0 Å². The Morgan fingerprint density at radius 2 is 1.28 bits per heavy atom. The molecule has 0 atom stereocenters. The van der Waals surface area contributed by atoms with E-state index in [9.17, 15) is 13.2 Å². The van der Waals surface area contributed by atoms with Crippen LogP contribution in [0.1, 0.15) is 76.6 Å². The maximum atomic E-state index is 13.4. The Balaban J connectivity index is 2.30. The van der Waals surface area contributed by atoms with Crippen LogP contribution >= 0.6 is 0 Å². The van der Waals surface area contributed by atoms with E-state index in [-0.39, 0.29) is 29.3 Å². The average molecular weight is 415 g/mol. The van der Waals surface area contributed by atoms with Gasteiger partial charge in [-0.1, -0.05) is 65.8 Å². The van der Waals surface area contributed by atoms with Crippen molar-refractivity contribution in [2.75, 3.05) is 6.61 Å². The van der Waals surface area contributed by atoms with Gasteiger partial charge in [0, 0.05) is 12.8 Å². The summed E-state index contributed by atoms with van der Waals surface area (Å²) in [6.45, 7) is 14.1. The molecule has 3 rings (SSSR count). The number of rotatable bonds is 2. The quantitative estimate of drug-likeness (QED) is 0.640. The molecular formula is C24H30O4S. The SMILES string of the molecule is CC(=O)OCC1c2cc(C(C)(C)C)ccc2S(=O)(=O)c2ccc(C(C)(C)C)cc21. The largest absolute Gasteiger partial charge is 0.465 e. The van der Waals surface area contributed by atoms with Crippen LogP contribution in [0, 0.1) is 0 Å². The van der Waals surface area contributed by atoms with E-state index in [1.54, 1.807) is 12.1 Å². The minimum absolute atomic E-state index is 0.117. The number of hydrogen-bond donors (Lipinski definition) is 0. The van der Waals surface area contributed by atoms with Crippen LogP contribution in [0.3, 0.4) is 0 Å². The predicted molar refractivity (Wildman–Crippen MR) is 114 cm³/mol. The Labute approximate surface area is 174 Å². The van der Waals surface area contributed by atoms with Crippen molar-refractivity contribution in [2.45, 2.75) is 75.0 Å². The van der Waals surface area contributed by atoms with Crippen LogP contribution in [0.4, 0.5) is 0 Å². The lowest BCUT2D eigenvalue weighted by molar-refractivity contribution is -0.141. The normalized spacial score (nSPS) is 16.1. The van der Waals surface area contributed by atoms with E-state index in [1.807, 2.05) is 24.3 Å². The molecular weight excluding hydrogens is 384 g/mol. The number of ether oxygens (including phenoxy) is 1. The average Bonchev–Trinajstić information content (AvgIpc) is 2.59. The Hall–Kier alpha value is -2.14. The van der Waals surface area contributed by atoms with Gasteiger partial charge in [-0.3, -0.25) is 4.79 Å². The van der Waals surface area contributed by atoms with Gasteiger partial charge >= 0.3 is 5.97 Å². The Kier molecular flexibility index (Phi) is 5.19. The molecule has 0 fully saturated rings. The van der Waals surface area contributed by atoms with E-state index < -0.39 is 9.84 Å². The van der Waals surface area contributed by atoms with Gasteiger partial charge in [0.25, 0.3) is 0 Å². The Morgan fingerprint density at radius 1 is 0.862 bits per heavy atom. The summed E-state index contributed by atoms with van der Waals surface area (Å²) in [4.78, 5) is 12.2. The lowest BCUT2D eigenvalue weighted by Crippen LogP contribution is -2.25. The molecule has 2 aromatic rings. The third-order valence-electron chi connectivity index (χ3n) is 5.53. The molecule has 1 heterocycles. The molecule has 0 spiro atoms. The minimum Gasteiger partial charge on any atom is -0.465 e. The summed E-state index contributed by atoms with van der Waals surface area (Å²) in [5.74, 6) is -0.697. The first-order chi connectivity index (χ1) is 13.2. The van der Waals surface area contributed by atoms with E-state index in [1.165, 1.54) is 6.92 Å². The van der Waals surface area contributed by atoms with Crippen molar-refractivity contribution in [3.05, 3.63) is 58.7 Å². The lowest BCUT2D eigenvalue weighted by atomic mass is 9.81. The summed E-state index contributed by atoms with van der Waals surface area (Å²) < 4.78 is 32.2. The van der Waals surface area contributed by atoms with Crippen LogP contribution < -0.4 is 0 Å². The first-order valence-corrected chi connectivity index (χ1v) is 11.4. The highest BCUT2D eigenvalue weighted by Crippen LogP contribution is 2.44. The van der Waals surface area contributed by atoms with Crippen molar-refractivity contribution in [1.82, 2.24) is 0 Å². The molecule has 0 radical (unpaired) electrons. The van der Waals surface area contributed by atoms with Crippen molar-refractivity contribution < 1.29 is 17.9 Å². The summed E-state index contributed by atoms with van der Waals surface area (Å²) >= 11 is 0. The Bertz CT molecular complexity index is 996. The molecule has 156 valence electrons. The third kappa shape index (κ3) is 3.97. The van der Waals surface area contributed by atoms with Crippen LogP contribution in [-0.2, 0) is 30.2 Å². The number of fused-ring (bicyclic) bond motifs is 2. The lowest BCUT2D eigenvalue weighted by Gasteiger charge is -2.31. The number of carbonyl (C=O) groups excluding carboxylic acids is 1. The molecule has 0 bridgehead atoms. The molecule has 0 saturated carbocycles. The van der Waals surface area contributed by atoms with Crippen LogP contribution in [0.5, 0.6) is 0 Å². The van der Waals surface area contributed by atoms with Crippen LogP contribution in [0.25, 0.3) is 0 Å². The topological polar surface area (TPSA) is 60.4 Å². The van der Waals surface area contributed by atoms with Gasteiger partial charge in [0.05, 0.1) is 9.79 Å².